The number of ether oxygens (including phenoxy) is 1. The number of carbonyl (C=O) groups is 1. The number of hydrogen-bond donors (Lipinski definition) is 2. The molecule has 0 aliphatic carbocycles. The third kappa shape index (κ3) is 3.87. The summed E-state index contributed by atoms with van der Waals surface area (Å²) >= 11 is 0. The van der Waals surface area contributed by atoms with Crippen LogP contribution < -0.4 is 10.6 Å². The van der Waals surface area contributed by atoms with Gasteiger partial charge in [-0.15, -0.1) is 0 Å². The molecule has 122 valence electrons. The molecule has 1 fully saturated rings. The van der Waals surface area contributed by atoms with Gasteiger partial charge < -0.3 is 15.4 Å². The maximum absolute atomic E-state index is 12.8. The van der Waals surface area contributed by atoms with Gasteiger partial charge in [-0.1, -0.05) is 29.3 Å². The van der Waals surface area contributed by atoms with E-state index in [0.717, 1.165) is 31.5 Å². The topological polar surface area (TPSA) is 50.4 Å². The molecule has 1 aliphatic heterocycles. The standard InChI is InChI=1S/C18H28N2O2/c1-13-9-14(2)11-16(10-13)15(3)20-17(21)18(12-22-4)5-7-19-8-6-18/h9-11,15,19H,5-8,12H2,1-4H3,(H,20,21). The van der Waals surface area contributed by atoms with Crippen molar-refractivity contribution in [1.82, 2.24) is 10.6 Å². The number of aryl methyl sites for hydroxylation is 2. The maximum atomic E-state index is 12.8. The fourth-order valence-electron chi connectivity index (χ4n) is 3.31. The number of amides is 1. The molecule has 0 bridgehead atoms. The molecule has 0 radical (unpaired) electrons. The molecule has 22 heavy (non-hydrogen) atoms. The third-order valence-corrected chi connectivity index (χ3v) is 4.55. The lowest BCUT2D eigenvalue weighted by Crippen LogP contribution is -2.50. The van der Waals surface area contributed by atoms with Crippen molar-refractivity contribution in [2.24, 2.45) is 5.41 Å². The molecule has 0 saturated carbocycles. The molecule has 1 unspecified atom stereocenters. The van der Waals surface area contributed by atoms with E-state index in [1.165, 1.54) is 11.1 Å². The minimum absolute atomic E-state index is 0.00900. The van der Waals surface area contributed by atoms with Crippen molar-refractivity contribution < 1.29 is 9.53 Å². The van der Waals surface area contributed by atoms with Crippen LogP contribution in [0.4, 0.5) is 0 Å². The zero-order valence-corrected chi connectivity index (χ0v) is 14.2. The van der Waals surface area contributed by atoms with E-state index in [4.69, 9.17) is 4.74 Å². The zero-order valence-electron chi connectivity index (χ0n) is 14.2. The summed E-state index contributed by atoms with van der Waals surface area (Å²) in [5, 5.41) is 6.52. The first-order valence-corrected chi connectivity index (χ1v) is 8.06. The lowest BCUT2D eigenvalue weighted by Gasteiger charge is -2.36. The van der Waals surface area contributed by atoms with Crippen LogP contribution in [-0.4, -0.2) is 32.7 Å². The highest BCUT2D eigenvalue weighted by atomic mass is 16.5. The van der Waals surface area contributed by atoms with Crippen LogP contribution in [0.1, 0.15) is 42.5 Å². The Labute approximate surface area is 133 Å². The molecule has 1 heterocycles. The van der Waals surface area contributed by atoms with Crippen LogP contribution in [0, 0.1) is 19.3 Å². The van der Waals surface area contributed by atoms with E-state index in [-0.39, 0.29) is 11.9 Å². The van der Waals surface area contributed by atoms with Gasteiger partial charge in [0.25, 0.3) is 0 Å². The lowest BCUT2D eigenvalue weighted by molar-refractivity contribution is -0.136. The largest absolute Gasteiger partial charge is 0.384 e. The molecule has 1 aromatic rings. The van der Waals surface area contributed by atoms with Gasteiger partial charge in [0.05, 0.1) is 18.1 Å². The quantitative estimate of drug-likeness (QED) is 0.879. The summed E-state index contributed by atoms with van der Waals surface area (Å²) in [5.41, 5.74) is 3.22. The van der Waals surface area contributed by atoms with Gasteiger partial charge >= 0.3 is 0 Å². The molecule has 1 aliphatic rings. The van der Waals surface area contributed by atoms with Gasteiger partial charge in [0, 0.05) is 7.11 Å². The van der Waals surface area contributed by atoms with Gasteiger partial charge in [-0.25, -0.2) is 0 Å². The molecule has 1 amide bonds. The summed E-state index contributed by atoms with van der Waals surface area (Å²) in [6.45, 7) is 8.45. The first kappa shape index (κ1) is 17.0. The van der Waals surface area contributed by atoms with E-state index in [2.05, 4.69) is 42.7 Å². The lowest BCUT2D eigenvalue weighted by atomic mass is 9.78. The maximum Gasteiger partial charge on any atom is 0.229 e. The van der Waals surface area contributed by atoms with Crippen molar-refractivity contribution in [3.8, 4) is 0 Å². The second kappa shape index (κ2) is 7.25. The van der Waals surface area contributed by atoms with E-state index in [1.807, 2.05) is 6.92 Å². The molecule has 2 rings (SSSR count). The Morgan fingerprint density at radius 3 is 2.41 bits per heavy atom. The Balaban J connectivity index is 2.11. The van der Waals surface area contributed by atoms with E-state index < -0.39 is 5.41 Å². The number of hydrogen-bond acceptors (Lipinski definition) is 3. The van der Waals surface area contributed by atoms with Crippen LogP contribution in [0.5, 0.6) is 0 Å². The highest BCUT2D eigenvalue weighted by Gasteiger charge is 2.40. The Kier molecular flexibility index (Phi) is 5.59. The van der Waals surface area contributed by atoms with Gasteiger partial charge in [0.15, 0.2) is 0 Å². The Hall–Kier alpha value is -1.39. The summed E-state index contributed by atoms with van der Waals surface area (Å²) < 4.78 is 5.34. The number of piperidine rings is 1. The first-order chi connectivity index (χ1) is 10.5. The normalized spacial score (nSPS) is 18.7. The molecule has 1 aromatic carbocycles. The monoisotopic (exact) mass is 304 g/mol. The first-order valence-electron chi connectivity index (χ1n) is 8.06. The fourth-order valence-corrected chi connectivity index (χ4v) is 3.31. The van der Waals surface area contributed by atoms with Crippen molar-refractivity contribution in [3.63, 3.8) is 0 Å². The summed E-state index contributed by atoms with van der Waals surface area (Å²) in [6.07, 6.45) is 1.65. The summed E-state index contributed by atoms with van der Waals surface area (Å²) in [4.78, 5) is 12.8. The van der Waals surface area contributed by atoms with Crippen LogP contribution in [0.3, 0.4) is 0 Å². The van der Waals surface area contributed by atoms with E-state index in [0.29, 0.717) is 6.61 Å². The van der Waals surface area contributed by atoms with E-state index in [9.17, 15) is 4.79 Å². The molecule has 4 nitrogen and oxygen atoms in total. The number of nitrogens with one attached hydrogen (secondary N) is 2. The molecule has 0 aromatic heterocycles. The van der Waals surface area contributed by atoms with Gasteiger partial charge in [0.2, 0.25) is 5.91 Å². The summed E-state index contributed by atoms with van der Waals surface area (Å²) in [6, 6.07) is 6.44. The predicted octanol–water partition coefficient (Wildman–Crippen LogP) is 2.50. The Bertz CT molecular complexity index is 496. The molecule has 2 N–H and O–H groups in total. The zero-order chi connectivity index (χ0) is 16.2. The minimum Gasteiger partial charge on any atom is -0.384 e. The van der Waals surface area contributed by atoms with Gasteiger partial charge in [-0.2, -0.15) is 0 Å². The van der Waals surface area contributed by atoms with E-state index in [1.54, 1.807) is 7.11 Å². The second-order valence-corrected chi connectivity index (χ2v) is 6.58. The Morgan fingerprint density at radius 2 is 1.86 bits per heavy atom. The van der Waals surface area contributed by atoms with E-state index >= 15 is 0 Å². The average molecular weight is 304 g/mol. The molecular formula is C18H28N2O2. The van der Waals surface area contributed by atoms with Crippen LogP contribution in [-0.2, 0) is 9.53 Å². The third-order valence-electron chi connectivity index (χ3n) is 4.55. The van der Waals surface area contributed by atoms with Gasteiger partial charge in [-0.05, 0) is 52.3 Å². The summed E-state index contributed by atoms with van der Waals surface area (Å²) in [7, 11) is 1.67. The molecular weight excluding hydrogens is 276 g/mol. The highest BCUT2D eigenvalue weighted by molar-refractivity contribution is 5.83. The van der Waals surface area contributed by atoms with Crippen LogP contribution >= 0.6 is 0 Å². The number of rotatable bonds is 5. The average Bonchev–Trinajstić information content (AvgIpc) is 2.47. The predicted molar refractivity (Wildman–Crippen MR) is 88.9 cm³/mol. The molecule has 1 atom stereocenters. The molecule has 1 saturated heterocycles. The smallest absolute Gasteiger partial charge is 0.229 e. The number of carbonyl (C=O) groups excluding carboxylic acids is 1. The minimum atomic E-state index is -0.396. The SMILES string of the molecule is COCC1(C(=O)NC(C)c2cc(C)cc(C)c2)CCNCC1. The van der Waals surface area contributed by atoms with Crippen molar-refractivity contribution >= 4 is 5.91 Å². The van der Waals surface area contributed by atoms with Crippen LogP contribution in [0.25, 0.3) is 0 Å². The fraction of sp³-hybridized carbons (Fsp3) is 0.611. The molecule has 0 spiro atoms. The second-order valence-electron chi connectivity index (χ2n) is 6.58. The molecule has 4 heteroatoms. The van der Waals surface area contributed by atoms with Gasteiger partial charge in [0.1, 0.15) is 0 Å². The number of benzene rings is 1. The highest BCUT2D eigenvalue weighted by Crippen LogP contribution is 2.30. The van der Waals surface area contributed by atoms with Crippen LogP contribution in [0.2, 0.25) is 0 Å². The summed E-state index contributed by atoms with van der Waals surface area (Å²) in [5.74, 6) is 0.113. The Morgan fingerprint density at radius 1 is 1.27 bits per heavy atom. The van der Waals surface area contributed by atoms with Crippen LogP contribution in [0.15, 0.2) is 18.2 Å². The van der Waals surface area contributed by atoms with Crippen molar-refractivity contribution in [1.29, 1.82) is 0 Å². The van der Waals surface area contributed by atoms with Gasteiger partial charge in [-0.3, -0.25) is 4.79 Å². The van der Waals surface area contributed by atoms with Crippen molar-refractivity contribution in [2.75, 3.05) is 26.8 Å². The van der Waals surface area contributed by atoms with Crippen molar-refractivity contribution in [2.45, 2.75) is 39.7 Å². The number of methoxy groups -OCH3 is 1. The van der Waals surface area contributed by atoms with Crippen molar-refractivity contribution in [3.05, 3.63) is 34.9 Å².